The minimum absolute atomic E-state index is 0.0738. The van der Waals surface area contributed by atoms with Gasteiger partial charge in [-0.15, -0.1) is 0 Å². The van der Waals surface area contributed by atoms with Crippen LogP contribution >= 0.6 is 0 Å². The third kappa shape index (κ3) is 5.00. The van der Waals surface area contributed by atoms with Crippen molar-refractivity contribution in [2.75, 3.05) is 42.0 Å². The second-order valence-corrected chi connectivity index (χ2v) is 6.03. The van der Waals surface area contributed by atoms with Crippen LogP contribution in [-0.2, 0) is 19.0 Å². The quantitative estimate of drug-likeness (QED) is 0.237. The summed E-state index contributed by atoms with van der Waals surface area (Å²) < 4.78 is 31.9. The van der Waals surface area contributed by atoms with Gasteiger partial charge < -0.3 is 28.4 Å². The van der Waals surface area contributed by atoms with E-state index in [4.69, 9.17) is 28.4 Å². The average molecular weight is 414 g/mol. The summed E-state index contributed by atoms with van der Waals surface area (Å²) in [6.45, 7) is 7.73. The van der Waals surface area contributed by atoms with Crippen LogP contribution in [0.15, 0.2) is 43.5 Å². The molecular formula is C23H26O7. The van der Waals surface area contributed by atoms with Crippen LogP contribution in [-0.4, -0.2) is 48.0 Å². The molecule has 0 aliphatic heterocycles. The van der Waals surface area contributed by atoms with Crippen molar-refractivity contribution in [1.82, 2.24) is 0 Å². The molecule has 0 radical (unpaired) electrons. The smallest absolute Gasteiger partial charge is 0.337 e. The highest BCUT2D eigenvalue weighted by atomic mass is 16.7. The number of hydrogen-bond acceptors (Lipinski definition) is 7. The van der Waals surface area contributed by atoms with Gasteiger partial charge in [-0.1, -0.05) is 37.4 Å². The lowest BCUT2D eigenvalue weighted by Crippen LogP contribution is -2.08. The molecule has 0 unspecified atom stereocenters. The van der Waals surface area contributed by atoms with Crippen molar-refractivity contribution < 1.29 is 33.2 Å². The largest absolute Gasteiger partial charge is 0.493 e. The van der Waals surface area contributed by atoms with Crippen molar-refractivity contribution in [2.45, 2.75) is 0 Å². The molecule has 0 fully saturated rings. The Morgan fingerprint density at radius 2 is 1.80 bits per heavy atom. The number of carbonyl (C=O) groups is 1. The molecule has 30 heavy (non-hydrogen) atoms. The van der Waals surface area contributed by atoms with Crippen LogP contribution in [0.4, 0.5) is 0 Å². The lowest BCUT2D eigenvalue weighted by molar-refractivity contribution is -0.133. The summed E-state index contributed by atoms with van der Waals surface area (Å²) in [5.41, 5.74) is 3.06. The van der Waals surface area contributed by atoms with E-state index in [1.165, 1.54) is 28.4 Å². The van der Waals surface area contributed by atoms with Crippen LogP contribution in [0.1, 0.15) is 11.1 Å². The molecule has 0 aromatic heterocycles. The number of hydrogen-bond donors (Lipinski definition) is 0. The number of carbonyl (C=O) groups excluding carboxylic acids is 1. The SMILES string of the molecule is C=Cc1cc(OC)c(OC)c(OCOCOC)c1-c1cccc(C(=C)C(=O)OC)c1. The van der Waals surface area contributed by atoms with Gasteiger partial charge in [0, 0.05) is 12.7 Å². The first-order valence-electron chi connectivity index (χ1n) is 9.01. The summed E-state index contributed by atoms with van der Waals surface area (Å²) in [5.74, 6) is 0.779. The van der Waals surface area contributed by atoms with Gasteiger partial charge in [0.15, 0.2) is 18.3 Å². The maximum atomic E-state index is 11.9. The van der Waals surface area contributed by atoms with E-state index in [0.717, 1.165) is 11.1 Å². The predicted molar refractivity (Wildman–Crippen MR) is 115 cm³/mol. The fraction of sp³-hybridized carbons (Fsp3) is 0.261. The van der Waals surface area contributed by atoms with Crippen LogP contribution in [0.5, 0.6) is 17.2 Å². The Morgan fingerprint density at radius 3 is 2.40 bits per heavy atom. The monoisotopic (exact) mass is 414 g/mol. The Bertz CT molecular complexity index is 918. The lowest BCUT2D eigenvalue weighted by atomic mass is 9.94. The van der Waals surface area contributed by atoms with Gasteiger partial charge in [-0.3, -0.25) is 0 Å². The van der Waals surface area contributed by atoms with Gasteiger partial charge in [-0.25, -0.2) is 4.79 Å². The zero-order chi connectivity index (χ0) is 22.1. The molecule has 160 valence electrons. The Hall–Kier alpha value is -3.29. The van der Waals surface area contributed by atoms with Gasteiger partial charge in [0.1, 0.15) is 6.79 Å². The van der Waals surface area contributed by atoms with Crippen molar-refractivity contribution in [3.05, 3.63) is 54.6 Å². The van der Waals surface area contributed by atoms with E-state index >= 15 is 0 Å². The maximum absolute atomic E-state index is 11.9. The van der Waals surface area contributed by atoms with Crippen LogP contribution in [0.25, 0.3) is 22.8 Å². The van der Waals surface area contributed by atoms with Crippen molar-refractivity contribution in [1.29, 1.82) is 0 Å². The molecule has 0 bridgehead atoms. The van der Waals surface area contributed by atoms with Gasteiger partial charge in [0.05, 0.1) is 26.9 Å². The molecular weight excluding hydrogens is 388 g/mol. The molecule has 0 spiro atoms. The third-order valence-corrected chi connectivity index (χ3v) is 4.30. The molecule has 0 N–H and O–H groups in total. The first kappa shape index (κ1) is 23.0. The molecule has 7 nitrogen and oxygen atoms in total. The highest BCUT2D eigenvalue weighted by Gasteiger charge is 2.22. The summed E-state index contributed by atoms with van der Waals surface area (Å²) in [5, 5.41) is 0. The van der Waals surface area contributed by atoms with Gasteiger partial charge in [-0.05, 0) is 28.8 Å². The summed E-state index contributed by atoms with van der Waals surface area (Å²) in [6, 6.07) is 9.08. The molecule has 0 aliphatic carbocycles. The van der Waals surface area contributed by atoms with E-state index in [9.17, 15) is 4.79 Å². The standard InChI is InChI=1S/C23H26O7/c1-7-16-12-19(26-4)21(27-5)22(30-14-29-13-25-3)20(16)18-10-8-9-17(11-18)15(2)23(24)28-6/h7-12H,1-2,13-14H2,3-6H3. The van der Waals surface area contributed by atoms with Crippen molar-refractivity contribution in [3.8, 4) is 28.4 Å². The molecule has 0 atom stereocenters. The van der Waals surface area contributed by atoms with Crippen LogP contribution in [0, 0.1) is 0 Å². The van der Waals surface area contributed by atoms with E-state index in [0.29, 0.717) is 28.4 Å². The topological polar surface area (TPSA) is 72.5 Å². The van der Waals surface area contributed by atoms with Gasteiger partial charge in [0.25, 0.3) is 0 Å². The van der Waals surface area contributed by atoms with Crippen LogP contribution in [0.2, 0.25) is 0 Å². The van der Waals surface area contributed by atoms with Crippen LogP contribution < -0.4 is 14.2 Å². The molecule has 0 aliphatic rings. The minimum Gasteiger partial charge on any atom is -0.493 e. The predicted octanol–water partition coefficient (Wildman–Crippen LogP) is 4.16. The number of esters is 1. The lowest BCUT2D eigenvalue weighted by Gasteiger charge is -2.20. The second kappa shape index (κ2) is 11.0. The third-order valence-electron chi connectivity index (χ3n) is 4.30. The molecule has 2 aromatic carbocycles. The minimum atomic E-state index is -0.507. The van der Waals surface area contributed by atoms with E-state index in [1.807, 2.05) is 18.2 Å². The number of methoxy groups -OCH3 is 4. The van der Waals surface area contributed by atoms with E-state index < -0.39 is 5.97 Å². The summed E-state index contributed by atoms with van der Waals surface area (Å²) in [6.07, 6.45) is 1.68. The van der Waals surface area contributed by atoms with E-state index in [1.54, 1.807) is 18.2 Å². The molecule has 2 rings (SSSR count). The van der Waals surface area contributed by atoms with Gasteiger partial charge in [0.2, 0.25) is 5.75 Å². The first-order valence-corrected chi connectivity index (χ1v) is 9.01. The molecule has 0 amide bonds. The first-order chi connectivity index (χ1) is 14.5. The molecule has 7 heteroatoms. The van der Waals surface area contributed by atoms with Crippen LogP contribution in [0.3, 0.4) is 0 Å². The summed E-state index contributed by atoms with van der Waals surface area (Å²) in [7, 11) is 5.89. The number of ether oxygens (including phenoxy) is 6. The molecule has 2 aromatic rings. The Morgan fingerprint density at radius 1 is 1.03 bits per heavy atom. The summed E-state index contributed by atoms with van der Waals surface area (Å²) in [4.78, 5) is 11.9. The highest BCUT2D eigenvalue weighted by Crippen LogP contribution is 2.47. The fourth-order valence-corrected chi connectivity index (χ4v) is 2.90. The average Bonchev–Trinajstić information content (AvgIpc) is 2.79. The van der Waals surface area contributed by atoms with Crippen molar-refractivity contribution in [3.63, 3.8) is 0 Å². The van der Waals surface area contributed by atoms with Gasteiger partial charge >= 0.3 is 5.97 Å². The Balaban J connectivity index is 2.66. The second-order valence-electron chi connectivity index (χ2n) is 6.03. The van der Waals surface area contributed by atoms with Crippen molar-refractivity contribution in [2.24, 2.45) is 0 Å². The zero-order valence-electron chi connectivity index (χ0n) is 17.7. The molecule has 0 saturated heterocycles. The van der Waals surface area contributed by atoms with Gasteiger partial charge in [-0.2, -0.15) is 0 Å². The van der Waals surface area contributed by atoms with E-state index in [2.05, 4.69) is 13.2 Å². The molecule has 0 heterocycles. The highest BCUT2D eigenvalue weighted by molar-refractivity contribution is 6.15. The zero-order valence-corrected chi connectivity index (χ0v) is 17.7. The maximum Gasteiger partial charge on any atom is 0.337 e. The number of benzene rings is 2. The Labute approximate surface area is 176 Å². The molecule has 0 saturated carbocycles. The Kier molecular flexibility index (Phi) is 8.46. The van der Waals surface area contributed by atoms with Crippen molar-refractivity contribution >= 4 is 17.6 Å². The van der Waals surface area contributed by atoms with E-state index in [-0.39, 0.29) is 19.2 Å². The fourth-order valence-electron chi connectivity index (χ4n) is 2.90. The number of rotatable bonds is 11. The summed E-state index contributed by atoms with van der Waals surface area (Å²) >= 11 is 0. The normalized spacial score (nSPS) is 10.3.